The Balaban J connectivity index is 0.997. The van der Waals surface area contributed by atoms with E-state index in [-0.39, 0.29) is 0 Å². The molecule has 9 aromatic carbocycles. The van der Waals surface area contributed by atoms with Crippen LogP contribution in [0.5, 0.6) is 0 Å². The summed E-state index contributed by atoms with van der Waals surface area (Å²) in [6.45, 7) is 2.14. The zero-order valence-electron chi connectivity index (χ0n) is 32.5. The van der Waals surface area contributed by atoms with E-state index in [0.717, 1.165) is 34.1 Å². The third kappa shape index (κ3) is 5.16. The van der Waals surface area contributed by atoms with Crippen LogP contribution in [-0.4, -0.2) is 13.7 Å². The quantitative estimate of drug-likeness (QED) is 0.165. The molecule has 0 unspecified atom stereocenters. The summed E-state index contributed by atoms with van der Waals surface area (Å²) < 4.78 is 7.21. The summed E-state index contributed by atoms with van der Waals surface area (Å²) in [5.74, 6) is 0. The number of aromatic nitrogens is 3. The number of benzene rings is 9. The van der Waals surface area contributed by atoms with Crippen LogP contribution < -0.4 is 4.90 Å². The van der Waals surface area contributed by atoms with Gasteiger partial charge in [-0.15, -0.1) is 0 Å². The molecule has 278 valence electrons. The Bertz CT molecular complexity index is 3480. The van der Waals surface area contributed by atoms with Gasteiger partial charge >= 0.3 is 0 Å². The van der Waals surface area contributed by atoms with E-state index < -0.39 is 0 Å². The Kier molecular flexibility index (Phi) is 7.41. The van der Waals surface area contributed by atoms with Gasteiger partial charge < -0.3 is 18.6 Å². The average Bonchev–Trinajstić information content (AvgIpc) is 3.92. The van der Waals surface area contributed by atoms with Crippen LogP contribution in [0.25, 0.3) is 82.5 Å². The Hall–Kier alpha value is -7.82. The minimum atomic E-state index is 1.09. The van der Waals surface area contributed by atoms with Crippen molar-refractivity contribution in [1.82, 2.24) is 13.7 Å². The van der Waals surface area contributed by atoms with Crippen molar-refractivity contribution in [2.75, 3.05) is 4.90 Å². The summed E-state index contributed by atoms with van der Waals surface area (Å²) in [5, 5.41) is 7.50. The molecule has 0 amide bonds. The molecule has 0 saturated carbocycles. The fourth-order valence-corrected chi connectivity index (χ4v) is 9.41. The molecule has 0 fully saturated rings. The standard InChI is InChI=1S/C55H38N4/c1-37-23-25-39(26-24-37)56(40-27-31-42(32-28-40)57-50-19-9-5-15-44(50)45-16-6-10-20-51(45)57)41-29-33-43(34-30-41)59-53-22-12-8-18-47(53)49-35-54-48(36-55(49)59)46-17-7-11-21-52(46)58(54)38-13-3-2-4-14-38/h2-36H,1H3. The minimum absolute atomic E-state index is 1.09. The first-order valence-corrected chi connectivity index (χ1v) is 20.3. The van der Waals surface area contributed by atoms with Gasteiger partial charge in [0, 0.05) is 66.4 Å². The van der Waals surface area contributed by atoms with Crippen molar-refractivity contribution >= 4 is 82.5 Å². The molecule has 0 radical (unpaired) electrons. The molecule has 0 saturated heterocycles. The van der Waals surface area contributed by atoms with Crippen molar-refractivity contribution in [3.8, 4) is 17.1 Å². The van der Waals surface area contributed by atoms with Gasteiger partial charge in [0.25, 0.3) is 0 Å². The van der Waals surface area contributed by atoms with E-state index >= 15 is 0 Å². The van der Waals surface area contributed by atoms with Crippen LogP contribution in [0.2, 0.25) is 0 Å². The highest BCUT2D eigenvalue weighted by Crippen LogP contribution is 2.41. The van der Waals surface area contributed by atoms with Crippen molar-refractivity contribution in [1.29, 1.82) is 0 Å². The topological polar surface area (TPSA) is 18.0 Å². The van der Waals surface area contributed by atoms with Gasteiger partial charge in [-0.2, -0.15) is 0 Å². The molecule has 4 heteroatoms. The molecule has 12 rings (SSSR count). The lowest BCUT2D eigenvalue weighted by Gasteiger charge is -2.26. The Labute approximate surface area is 341 Å². The molecule has 0 atom stereocenters. The van der Waals surface area contributed by atoms with Gasteiger partial charge in [0.2, 0.25) is 0 Å². The number of para-hydroxylation sites is 5. The lowest BCUT2D eigenvalue weighted by Crippen LogP contribution is -2.10. The fourth-order valence-electron chi connectivity index (χ4n) is 9.41. The molecule has 59 heavy (non-hydrogen) atoms. The smallest absolute Gasteiger partial charge is 0.0548 e. The van der Waals surface area contributed by atoms with E-state index in [1.54, 1.807) is 0 Å². The van der Waals surface area contributed by atoms with Gasteiger partial charge in [0.05, 0.1) is 33.1 Å². The lowest BCUT2D eigenvalue weighted by atomic mass is 10.1. The van der Waals surface area contributed by atoms with Gasteiger partial charge in [0.1, 0.15) is 0 Å². The molecular weight excluding hydrogens is 717 g/mol. The third-order valence-electron chi connectivity index (χ3n) is 12.1. The van der Waals surface area contributed by atoms with Crippen LogP contribution in [0.1, 0.15) is 5.56 Å². The van der Waals surface area contributed by atoms with E-state index in [1.165, 1.54) is 71.0 Å². The number of aryl methyl sites for hydroxylation is 1. The van der Waals surface area contributed by atoms with Gasteiger partial charge in [0.15, 0.2) is 0 Å². The molecule has 12 aromatic rings. The third-order valence-corrected chi connectivity index (χ3v) is 12.1. The summed E-state index contributed by atoms with van der Waals surface area (Å²) in [5.41, 5.74) is 15.2. The van der Waals surface area contributed by atoms with Gasteiger partial charge in [-0.05, 0) is 116 Å². The maximum Gasteiger partial charge on any atom is 0.0548 e. The largest absolute Gasteiger partial charge is 0.311 e. The molecule has 3 heterocycles. The molecule has 4 nitrogen and oxygen atoms in total. The Morgan fingerprint density at radius 1 is 0.271 bits per heavy atom. The number of fused-ring (bicyclic) bond motifs is 9. The highest BCUT2D eigenvalue weighted by molar-refractivity contribution is 6.19. The monoisotopic (exact) mass is 754 g/mol. The van der Waals surface area contributed by atoms with Crippen molar-refractivity contribution in [2.45, 2.75) is 6.92 Å². The second kappa shape index (κ2) is 13.1. The number of rotatable bonds is 6. The summed E-state index contributed by atoms with van der Waals surface area (Å²) in [4.78, 5) is 2.35. The van der Waals surface area contributed by atoms with Gasteiger partial charge in [-0.25, -0.2) is 0 Å². The van der Waals surface area contributed by atoms with Crippen LogP contribution >= 0.6 is 0 Å². The van der Waals surface area contributed by atoms with Crippen LogP contribution in [0.15, 0.2) is 212 Å². The van der Waals surface area contributed by atoms with Crippen molar-refractivity contribution in [3.63, 3.8) is 0 Å². The molecule has 0 aliphatic carbocycles. The second-order valence-corrected chi connectivity index (χ2v) is 15.5. The number of hydrogen-bond donors (Lipinski definition) is 0. The SMILES string of the molecule is Cc1ccc(N(c2ccc(-n3c4ccccc4c4ccccc43)cc2)c2ccc(-n3c4ccccc4c4cc5c(cc43)c3ccccc3n5-c3ccccc3)cc2)cc1. The predicted molar refractivity (Wildman–Crippen MR) is 249 cm³/mol. The molecule has 0 aliphatic rings. The molecular formula is C55H38N4. The van der Waals surface area contributed by atoms with E-state index in [4.69, 9.17) is 0 Å². The van der Waals surface area contributed by atoms with Crippen molar-refractivity contribution in [2.24, 2.45) is 0 Å². The first-order chi connectivity index (χ1) is 29.2. The Morgan fingerprint density at radius 3 is 0.983 bits per heavy atom. The highest BCUT2D eigenvalue weighted by Gasteiger charge is 2.20. The summed E-state index contributed by atoms with van der Waals surface area (Å²) >= 11 is 0. The minimum Gasteiger partial charge on any atom is -0.311 e. The number of hydrogen-bond acceptors (Lipinski definition) is 1. The van der Waals surface area contributed by atoms with Crippen LogP contribution in [0, 0.1) is 6.92 Å². The van der Waals surface area contributed by atoms with E-state index in [0.29, 0.717) is 0 Å². The predicted octanol–water partition coefficient (Wildman–Crippen LogP) is 14.8. The van der Waals surface area contributed by atoms with Crippen LogP contribution in [0.3, 0.4) is 0 Å². The Morgan fingerprint density at radius 2 is 0.576 bits per heavy atom. The summed E-state index contributed by atoms with van der Waals surface area (Å²) in [6, 6.07) is 77.3. The molecule has 0 aliphatic heterocycles. The first kappa shape index (κ1) is 33.3. The van der Waals surface area contributed by atoms with E-state index in [9.17, 15) is 0 Å². The number of anilines is 3. The lowest BCUT2D eigenvalue weighted by molar-refractivity contribution is 1.16. The first-order valence-electron chi connectivity index (χ1n) is 20.3. The summed E-state index contributed by atoms with van der Waals surface area (Å²) in [7, 11) is 0. The van der Waals surface area contributed by atoms with Gasteiger partial charge in [-0.1, -0.05) is 109 Å². The molecule has 3 aromatic heterocycles. The zero-order chi connectivity index (χ0) is 39.0. The van der Waals surface area contributed by atoms with Crippen molar-refractivity contribution < 1.29 is 0 Å². The second-order valence-electron chi connectivity index (χ2n) is 15.5. The maximum atomic E-state index is 2.43. The summed E-state index contributed by atoms with van der Waals surface area (Å²) in [6.07, 6.45) is 0. The van der Waals surface area contributed by atoms with E-state index in [2.05, 4.69) is 238 Å². The molecule has 0 bridgehead atoms. The maximum absolute atomic E-state index is 2.43. The average molecular weight is 755 g/mol. The molecule has 0 N–H and O–H groups in total. The fraction of sp³-hybridized carbons (Fsp3) is 0.0182. The van der Waals surface area contributed by atoms with Crippen molar-refractivity contribution in [3.05, 3.63) is 218 Å². The number of nitrogens with zero attached hydrogens (tertiary/aromatic N) is 4. The molecule has 0 spiro atoms. The van der Waals surface area contributed by atoms with Gasteiger partial charge in [-0.3, -0.25) is 0 Å². The normalized spacial score (nSPS) is 11.8. The van der Waals surface area contributed by atoms with E-state index in [1.807, 2.05) is 0 Å². The zero-order valence-corrected chi connectivity index (χ0v) is 32.5. The van der Waals surface area contributed by atoms with Crippen LogP contribution in [-0.2, 0) is 0 Å². The highest BCUT2D eigenvalue weighted by atomic mass is 15.1. The van der Waals surface area contributed by atoms with Crippen LogP contribution in [0.4, 0.5) is 17.1 Å².